The zero-order chi connectivity index (χ0) is 24.9. The van der Waals surface area contributed by atoms with Gasteiger partial charge in [0.1, 0.15) is 6.10 Å². The zero-order valence-electron chi connectivity index (χ0n) is 20.0. The first-order valence-electron chi connectivity index (χ1n) is 11.4. The first-order chi connectivity index (χ1) is 16.9. The molecule has 0 spiro atoms. The van der Waals surface area contributed by atoms with Gasteiger partial charge in [-0.25, -0.2) is 4.79 Å². The predicted octanol–water partition coefficient (Wildman–Crippen LogP) is 5.39. The van der Waals surface area contributed by atoms with Gasteiger partial charge in [-0.2, -0.15) is 0 Å². The summed E-state index contributed by atoms with van der Waals surface area (Å²) in [7, 11) is 6.45. The molecule has 0 aromatic heterocycles. The van der Waals surface area contributed by atoms with Crippen molar-refractivity contribution in [1.29, 1.82) is 0 Å². The van der Waals surface area contributed by atoms with Crippen LogP contribution >= 0.6 is 23.2 Å². The van der Waals surface area contributed by atoms with Crippen molar-refractivity contribution in [3.63, 3.8) is 0 Å². The first kappa shape index (κ1) is 24.1. The molecule has 3 aromatic carbocycles. The van der Waals surface area contributed by atoms with E-state index in [1.54, 1.807) is 28.4 Å². The lowest BCUT2D eigenvalue weighted by Crippen LogP contribution is -2.41. The normalized spacial score (nSPS) is 19.5. The maximum absolute atomic E-state index is 12.6. The lowest BCUT2D eigenvalue weighted by molar-refractivity contribution is -0.151. The maximum Gasteiger partial charge on any atom is 0.340 e. The van der Waals surface area contributed by atoms with Crippen molar-refractivity contribution in [1.82, 2.24) is 4.90 Å². The van der Waals surface area contributed by atoms with E-state index in [2.05, 4.69) is 4.90 Å². The van der Waals surface area contributed by atoms with Crippen molar-refractivity contribution in [2.24, 2.45) is 0 Å². The molecule has 5 rings (SSSR count). The van der Waals surface area contributed by atoms with Crippen LogP contribution in [0.3, 0.4) is 0 Å². The summed E-state index contributed by atoms with van der Waals surface area (Å²) in [6, 6.07) is 7.91. The average molecular weight is 520 g/mol. The molecule has 0 saturated carbocycles. The molecule has 0 bridgehead atoms. The van der Waals surface area contributed by atoms with Crippen molar-refractivity contribution in [3.05, 3.63) is 35.4 Å². The molecule has 0 N–H and O–H groups in total. The Morgan fingerprint density at radius 3 is 1.91 bits per heavy atom. The van der Waals surface area contributed by atoms with Gasteiger partial charge < -0.3 is 23.7 Å². The number of hydrogen-bond acceptors (Lipinski definition) is 7. The Morgan fingerprint density at radius 1 is 0.857 bits per heavy atom. The fraction of sp³-hybridized carbons (Fsp3) is 0.423. The van der Waals surface area contributed by atoms with Crippen molar-refractivity contribution in [2.75, 3.05) is 35.0 Å². The van der Waals surface area contributed by atoms with Crippen LogP contribution in [0.25, 0.3) is 21.5 Å². The standard InChI is InChI=1S/C26H27Cl2NO6/c1-31-19-8-13-14-9-20(32-2)22(34-4)11-16(14)23-17(15(13)10-21(19)33-3)12-29-7-5-6-18(29)24(23)35-26(30)25(27)28/h8-11,18,24-25H,5-7,12H2,1-4H3/t18-,24+/m1/s1. The zero-order valence-corrected chi connectivity index (χ0v) is 21.5. The molecule has 2 aliphatic heterocycles. The van der Waals surface area contributed by atoms with Crippen molar-refractivity contribution in [2.45, 2.75) is 36.4 Å². The fourth-order valence-electron chi connectivity index (χ4n) is 5.58. The summed E-state index contributed by atoms with van der Waals surface area (Å²) in [6.07, 6.45) is 1.39. The fourth-order valence-corrected chi connectivity index (χ4v) is 5.68. The van der Waals surface area contributed by atoms with Gasteiger partial charge in [-0.3, -0.25) is 4.90 Å². The molecular formula is C26H27Cl2NO6. The molecule has 1 fully saturated rings. The Balaban J connectivity index is 1.90. The SMILES string of the molecule is COc1cc2c3c(c4cc(OC)c(OC)cc4c2cc1OC)[C@@H](OC(=O)C(Cl)Cl)[C@H]1CCCN1C3. The second kappa shape index (κ2) is 9.45. The number of ether oxygens (including phenoxy) is 5. The Morgan fingerprint density at radius 2 is 1.37 bits per heavy atom. The van der Waals surface area contributed by atoms with Gasteiger partial charge in [0.05, 0.1) is 34.5 Å². The number of carbonyl (C=O) groups excluding carboxylic acids is 1. The first-order valence-corrected chi connectivity index (χ1v) is 12.3. The number of esters is 1. The monoisotopic (exact) mass is 519 g/mol. The van der Waals surface area contributed by atoms with Gasteiger partial charge in [-0.15, -0.1) is 0 Å². The second-order valence-corrected chi connectivity index (χ2v) is 9.83. The number of hydrogen-bond donors (Lipinski definition) is 0. The van der Waals surface area contributed by atoms with Crippen LogP contribution in [-0.4, -0.2) is 56.7 Å². The molecular weight excluding hydrogens is 493 g/mol. The van der Waals surface area contributed by atoms with Crippen molar-refractivity contribution in [3.8, 4) is 23.0 Å². The molecule has 0 amide bonds. The van der Waals surface area contributed by atoms with Crippen molar-refractivity contribution < 1.29 is 28.5 Å². The number of halogens is 2. The molecule has 7 nitrogen and oxygen atoms in total. The quantitative estimate of drug-likeness (QED) is 0.245. The van der Waals surface area contributed by atoms with Gasteiger partial charge in [-0.05, 0) is 70.8 Å². The van der Waals surface area contributed by atoms with Crippen LogP contribution in [0.4, 0.5) is 0 Å². The Labute approximate surface area is 213 Å². The minimum absolute atomic E-state index is 0.0347. The topological polar surface area (TPSA) is 66.5 Å². The predicted molar refractivity (Wildman–Crippen MR) is 135 cm³/mol. The molecule has 2 aliphatic rings. The van der Waals surface area contributed by atoms with Gasteiger partial charge >= 0.3 is 5.97 Å². The van der Waals surface area contributed by atoms with Gasteiger partial charge in [0.2, 0.25) is 4.84 Å². The van der Waals surface area contributed by atoms with E-state index >= 15 is 0 Å². The van der Waals surface area contributed by atoms with E-state index in [9.17, 15) is 4.79 Å². The minimum Gasteiger partial charge on any atom is -0.493 e. The third kappa shape index (κ3) is 3.90. The van der Waals surface area contributed by atoms with E-state index in [0.717, 1.165) is 58.6 Å². The summed E-state index contributed by atoms with van der Waals surface area (Å²) >= 11 is 11.8. The molecule has 9 heteroatoms. The van der Waals surface area contributed by atoms with Crippen LogP contribution in [0.1, 0.15) is 30.1 Å². The molecule has 0 radical (unpaired) electrons. The van der Waals surface area contributed by atoms with Crippen LogP contribution in [0.5, 0.6) is 23.0 Å². The summed E-state index contributed by atoms with van der Waals surface area (Å²) in [5.41, 5.74) is 2.00. The van der Waals surface area contributed by atoms with Crippen LogP contribution < -0.4 is 18.9 Å². The van der Waals surface area contributed by atoms with Gasteiger partial charge in [-0.1, -0.05) is 23.2 Å². The van der Waals surface area contributed by atoms with Crippen LogP contribution in [-0.2, 0) is 16.1 Å². The summed E-state index contributed by atoms with van der Waals surface area (Å²) in [5.74, 6) is 1.79. The van der Waals surface area contributed by atoms with E-state index in [-0.39, 0.29) is 6.04 Å². The maximum atomic E-state index is 12.6. The largest absolute Gasteiger partial charge is 0.493 e. The Hall–Kier alpha value is -2.61. The Kier molecular flexibility index (Phi) is 6.51. The third-order valence-corrected chi connectivity index (χ3v) is 7.47. The lowest BCUT2D eigenvalue weighted by Gasteiger charge is -2.39. The summed E-state index contributed by atoms with van der Waals surface area (Å²) in [4.78, 5) is 13.7. The van der Waals surface area contributed by atoms with Crippen LogP contribution in [0.2, 0.25) is 0 Å². The van der Waals surface area contributed by atoms with E-state index in [0.29, 0.717) is 23.0 Å². The molecule has 0 aliphatic carbocycles. The average Bonchev–Trinajstić information content (AvgIpc) is 3.35. The molecule has 2 heterocycles. The van der Waals surface area contributed by atoms with Crippen molar-refractivity contribution >= 4 is 50.7 Å². The smallest absolute Gasteiger partial charge is 0.340 e. The van der Waals surface area contributed by atoms with E-state index in [1.165, 1.54) is 0 Å². The number of methoxy groups -OCH3 is 4. The molecule has 3 aromatic rings. The molecule has 2 atom stereocenters. The number of fused-ring (bicyclic) bond motifs is 7. The number of carbonyl (C=O) groups is 1. The highest BCUT2D eigenvalue weighted by atomic mass is 35.5. The third-order valence-electron chi connectivity index (χ3n) is 7.11. The summed E-state index contributed by atoms with van der Waals surface area (Å²) in [5, 5.41) is 3.82. The highest BCUT2D eigenvalue weighted by Gasteiger charge is 2.43. The highest BCUT2D eigenvalue weighted by Crippen LogP contribution is 2.50. The second-order valence-electron chi connectivity index (χ2n) is 8.74. The van der Waals surface area contributed by atoms with Crippen LogP contribution in [0, 0.1) is 0 Å². The molecule has 186 valence electrons. The molecule has 1 saturated heterocycles. The number of alkyl halides is 2. The van der Waals surface area contributed by atoms with Crippen LogP contribution in [0.15, 0.2) is 24.3 Å². The molecule has 0 unspecified atom stereocenters. The lowest BCUT2D eigenvalue weighted by atomic mass is 9.83. The van der Waals surface area contributed by atoms with E-state index in [1.807, 2.05) is 24.3 Å². The summed E-state index contributed by atoms with van der Waals surface area (Å²) < 4.78 is 28.5. The number of nitrogens with zero attached hydrogens (tertiary/aromatic N) is 1. The van der Waals surface area contributed by atoms with Gasteiger partial charge in [0, 0.05) is 12.1 Å². The van der Waals surface area contributed by atoms with E-state index in [4.69, 9.17) is 46.9 Å². The number of rotatable bonds is 6. The van der Waals surface area contributed by atoms with E-state index < -0.39 is 16.9 Å². The number of benzene rings is 3. The minimum atomic E-state index is -1.26. The summed E-state index contributed by atoms with van der Waals surface area (Å²) in [6.45, 7) is 1.64. The van der Waals surface area contributed by atoms with Gasteiger partial charge in [0.15, 0.2) is 23.0 Å². The highest BCUT2D eigenvalue weighted by molar-refractivity contribution is 6.52. The van der Waals surface area contributed by atoms with Gasteiger partial charge in [0.25, 0.3) is 0 Å². The Bertz CT molecular complexity index is 1310. The molecule has 35 heavy (non-hydrogen) atoms.